The van der Waals surface area contributed by atoms with Gasteiger partial charge >= 0.3 is 0 Å². The molecule has 1 aromatic rings. The van der Waals surface area contributed by atoms with Crippen LogP contribution in [0.15, 0.2) is 29.3 Å². The zero-order chi connectivity index (χ0) is 17.8. The molecular weight excluding hydrogens is 429 g/mol. The second-order valence-corrected chi connectivity index (χ2v) is 6.35. The Morgan fingerprint density at radius 3 is 2.52 bits per heavy atom. The number of guanidine groups is 1. The van der Waals surface area contributed by atoms with E-state index in [0.29, 0.717) is 11.8 Å². The number of ether oxygens (including phenoxy) is 2. The van der Waals surface area contributed by atoms with Crippen molar-refractivity contribution in [1.29, 1.82) is 0 Å². The first kappa shape index (κ1) is 24.0. The largest absolute Gasteiger partial charge is 0.496 e. The lowest BCUT2D eigenvalue weighted by molar-refractivity contribution is 0.108. The Bertz CT molecular complexity index is 495. The minimum Gasteiger partial charge on any atom is -0.496 e. The molecule has 2 N–H and O–H groups in total. The highest BCUT2D eigenvalue weighted by atomic mass is 127. The third-order valence-electron chi connectivity index (χ3n) is 3.68. The molecule has 0 aliphatic heterocycles. The van der Waals surface area contributed by atoms with Crippen molar-refractivity contribution in [2.75, 3.05) is 40.5 Å². The third-order valence-corrected chi connectivity index (χ3v) is 3.68. The summed E-state index contributed by atoms with van der Waals surface area (Å²) in [5.74, 6) is 2.66. The van der Waals surface area contributed by atoms with Gasteiger partial charge in [0.15, 0.2) is 5.96 Å². The minimum absolute atomic E-state index is 0. The number of hydrogen-bond donors (Lipinski definition) is 2. The lowest BCUT2D eigenvalue weighted by atomic mass is 10.0. The van der Waals surface area contributed by atoms with Gasteiger partial charge in [-0.15, -0.1) is 24.0 Å². The van der Waals surface area contributed by atoms with Crippen molar-refractivity contribution in [3.8, 4) is 5.75 Å². The van der Waals surface area contributed by atoms with Gasteiger partial charge in [-0.05, 0) is 24.0 Å². The molecule has 144 valence electrons. The van der Waals surface area contributed by atoms with Crippen molar-refractivity contribution < 1.29 is 9.47 Å². The van der Waals surface area contributed by atoms with Gasteiger partial charge in [-0.25, -0.2) is 0 Å². The quantitative estimate of drug-likeness (QED) is 0.241. The molecule has 1 rings (SSSR count). The first-order valence-corrected chi connectivity index (χ1v) is 8.73. The van der Waals surface area contributed by atoms with Crippen molar-refractivity contribution in [1.82, 2.24) is 10.6 Å². The van der Waals surface area contributed by atoms with Crippen LogP contribution >= 0.6 is 24.0 Å². The molecule has 1 atom stereocenters. The Kier molecular flexibility index (Phi) is 13.6. The average molecular weight is 463 g/mol. The van der Waals surface area contributed by atoms with Crippen molar-refractivity contribution in [2.45, 2.75) is 33.1 Å². The zero-order valence-corrected chi connectivity index (χ0v) is 18.5. The summed E-state index contributed by atoms with van der Waals surface area (Å²) in [5, 5.41) is 6.69. The topological polar surface area (TPSA) is 54.9 Å². The van der Waals surface area contributed by atoms with Gasteiger partial charge in [0.05, 0.1) is 7.11 Å². The Labute approximate surface area is 170 Å². The van der Waals surface area contributed by atoms with Crippen LogP contribution in [0.3, 0.4) is 0 Å². The Morgan fingerprint density at radius 1 is 1.16 bits per heavy atom. The highest BCUT2D eigenvalue weighted by molar-refractivity contribution is 14.0. The van der Waals surface area contributed by atoms with E-state index in [9.17, 15) is 0 Å². The minimum atomic E-state index is 0. The zero-order valence-electron chi connectivity index (χ0n) is 16.2. The van der Waals surface area contributed by atoms with E-state index in [0.717, 1.165) is 44.4 Å². The summed E-state index contributed by atoms with van der Waals surface area (Å²) in [5.41, 5.74) is 1.20. The van der Waals surface area contributed by atoms with E-state index in [1.54, 1.807) is 14.2 Å². The van der Waals surface area contributed by atoms with Crippen LogP contribution in [-0.2, 0) is 4.74 Å². The number of halogens is 1. The molecule has 1 unspecified atom stereocenters. The van der Waals surface area contributed by atoms with Crippen LogP contribution in [-0.4, -0.2) is 46.4 Å². The number of aliphatic imine (C=N–C) groups is 1. The van der Waals surface area contributed by atoms with E-state index in [1.165, 1.54) is 5.56 Å². The summed E-state index contributed by atoms with van der Waals surface area (Å²) in [6.07, 6.45) is 0.968. The molecule has 0 saturated carbocycles. The molecule has 6 heteroatoms. The number of para-hydroxylation sites is 1. The number of hydrogen-bond acceptors (Lipinski definition) is 3. The fraction of sp³-hybridized carbons (Fsp3) is 0.632. The molecule has 0 fully saturated rings. The van der Waals surface area contributed by atoms with Gasteiger partial charge in [0, 0.05) is 39.3 Å². The van der Waals surface area contributed by atoms with Gasteiger partial charge in [0.25, 0.3) is 0 Å². The van der Waals surface area contributed by atoms with Crippen molar-refractivity contribution in [3.63, 3.8) is 0 Å². The number of nitrogens with one attached hydrogen (secondary N) is 2. The summed E-state index contributed by atoms with van der Waals surface area (Å²) in [4.78, 5) is 4.26. The van der Waals surface area contributed by atoms with Crippen LogP contribution in [0.1, 0.15) is 38.7 Å². The molecule has 5 nitrogen and oxygen atoms in total. The monoisotopic (exact) mass is 463 g/mol. The summed E-state index contributed by atoms with van der Waals surface area (Å²) >= 11 is 0. The number of methoxy groups -OCH3 is 1. The van der Waals surface area contributed by atoms with Crippen LogP contribution in [0.25, 0.3) is 0 Å². The Hall–Kier alpha value is -1.02. The van der Waals surface area contributed by atoms with E-state index >= 15 is 0 Å². The van der Waals surface area contributed by atoms with Crippen LogP contribution in [0.2, 0.25) is 0 Å². The third kappa shape index (κ3) is 9.89. The van der Waals surface area contributed by atoms with Crippen LogP contribution in [0.4, 0.5) is 0 Å². The highest BCUT2D eigenvalue weighted by Gasteiger charge is 2.11. The van der Waals surface area contributed by atoms with Crippen molar-refractivity contribution in [3.05, 3.63) is 29.8 Å². The first-order valence-electron chi connectivity index (χ1n) is 8.73. The van der Waals surface area contributed by atoms with Gasteiger partial charge in [-0.1, -0.05) is 39.0 Å². The molecule has 0 radical (unpaired) electrons. The maximum atomic E-state index is 5.58. The standard InChI is InChI=1S/C19H33N3O2.HI/c1-15(2)14-24-12-8-11-21-19(20-4)22-13-16(3)17-9-6-7-10-18(17)23-5;/h6-7,9-10,15-16H,8,11-14H2,1-5H3,(H2,20,21,22);1H. The van der Waals surface area contributed by atoms with E-state index in [4.69, 9.17) is 9.47 Å². The summed E-state index contributed by atoms with van der Waals surface area (Å²) < 4.78 is 11.0. The van der Waals surface area contributed by atoms with Gasteiger partial charge in [0.1, 0.15) is 5.75 Å². The van der Waals surface area contributed by atoms with Gasteiger partial charge in [-0.3, -0.25) is 4.99 Å². The maximum Gasteiger partial charge on any atom is 0.190 e. The number of benzene rings is 1. The molecule has 1 aromatic carbocycles. The lowest BCUT2D eigenvalue weighted by Gasteiger charge is -2.18. The summed E-state index contributed by atoms with van der Waals surface area (Å²) in [7, 11) is 3.50. The van der Waals surface area contributed by atoms with Gasteiger partial charge in [-0.2, -0.15) is 0 Å². The molecule has 0 heterocycles. The predicted octanol–water partition coefficient (Wildman–Crippen LogP) is 3.64. The maximum absolute atomic E-state index is 5.58. The molecule has 0 bridgehead atoms. The number of rotatable bonds is 10. The van der Waals surface area contributed by atoms with Gasteiger partial charge in [0.2, 0.25) is 0 Å². The SMILES string of the molecule is CN=C(NCCCOCC(C)C)NCC(C)c1ccccc1OC.I. The Morgan fingerprint density at radius 2 is 1.88 bits per heavy atom. The average Bonchev–Trinajstić information content (AvgIpc) is 2.59. The number of nitrogens with zero attached hydrogens (tertiary/aromatic N) is 1. The fourth-order valence-electron chi connectivity index (χ4n) is 2.35. The molecule has 0 aliphatic rings. The van der Waals surface area contributed by atoms with Crippen molar-refractivity contribution >= 4 is 29.9 Å². The van der Waals surface area contributed by atoms with E-state index in [2.05, 4.69) is 42.5 Å². The lowest BCUT2D eigenvalue weighted by Crippen LogP contribution is -2.39. The Balaban J connectivity index is 0.00000576. The molecule has 25 heavy (non-hydrogen) atoms. The van der Waals surface area contributed by atoms with E-state index in [-0.39, 0.29) is 24.0 Å². The second-order valence-electron chi connectivity index (χ2n) is 6.35. The van der Waals surface area contributed by atoms with Crippen molar-refractivity contribution in [2.24, 2.45) is 10.9 Å². The molecule has 0 aliphatic carbocycles. The molecule has 0 saturated heterocycles. The smallest absolute Gasteiger partial charge is 0.190 e. The predicted molar refractivity (Wildman–Crippen MR) is 116 cm³/mol. The second kappa shape index (κ2) is 14.2. The van der Waals surface area contributed by atoms with Crippen LogP contribution in [0.5, 0.6) is 5.75 Å². The van der Waals surface area contributed by atoms with E-state index in [1.807, 2.05) is 18.2 Å². The fourth-order valence-corrected chi connectivity index (χ4v) is 2.35. The van der Waals surface area contributed by atoms with Gasteiger partial charge < -0.3 is 20.1 Å². The van der Waals surface area contributed by atoms with Crippen LogP contribution in [0, 0.1) is 5.92 Å². The highest BCUT2D eigenvalue weighted by Crippen LogP contribution is 2.25. The first-order chi connectivity index (χ1) is 11.6. The molecule has 0 spiro atoms. The van der Waals surface area contributed by atoms with Crippen LogP contribution < -0.4 is 15.4 Å². The molecule has 0 amide bonds. The summed E-state index contributed by atoms with van der Waals surface area (Å²) in [6.45, 7) is 9.74. The normalized spacial score (nSPS) is 12.5. The molecular formula is C19H34IN3O2. The molecule has 0 aromatic heterocycles. The van der Waals surface area contributed by atoms with E-state index < -0.39 is 0 Å². The summed E-state index contributed by atoms with van der Waals surface area (Å²) in [6, 6.07) is 8.13.